The molecule has 3 unspecified atom stereocenters. The fourth-order valence-electron chi connectivity index (χ4n) is 3.24. The van der Waals surface area contributed by atoms with Crippen molar-refractivity contribution in [2.45, 2.75) is 38.0 Å². The summed E-state index contributed by atoms with van der Waals surface area (Å²) in [5.41, 5.74) is 0. The number of halogens is 2. The maximum absolute atomic E-state index is 13.1. The number of hydrogen-bond acceptors (Lipinski definition) is 3. The molecular formula is C12H18F2O4S. The van der Waals surface area contributed by atoms with Gasteiger partial charge in [-0.3, -0.25) is 4.79 Å². The van der Waals surface area contributed by atoms with Crippen LogP contribution in [0.15, 0.2) is 0 Å². The van der Waals surface area contributed by atoms with E-state index >= 15 is 0 Å². The third-order valence-corrected chi connectivity index (χ3v) is 6.04. The fraction of sp³-hybridized carbons (Fsp3) is 0.917. The first-order chi connectivity index (χ1) is 8.69. The van der Waals surface area contributed by atoms with Gasteiger partial charge in [0.05, 0.1) is 17.4 Å². The molecule has 0 radical (unpaired) electrons. The Morgan fingerprint density at radius 3 is 2.47 bits per heavy atom. The topological polar surface area (TPSA) is 71.4 Å². The van der Waals surface area contributed by atoms with E-state index in [1.54, 1.807) is 0 Å². The zero-order valence-corrected chi connectivity index (χ0v) is 11.3. The van der Waals surface area contributed by atoms with Crippen molar-refractivity contribution in [1.82, 2.24) is 0 Å². The average molecular weight is 296 g/mol. The third kappa shape index (κ3) is 3.64. The SMILES string of the molecule is O=C(O)C(CC1CCC(F)(F)C1)C1CCS(=O)(=O)C1. The van der Waals surface area contributed by atoms with Crippen molar-refractivity contribution >= 4 is 15.8 Å². The number of aliphatic carboxylic acids is 1. The average Bonchev–Trinajstić information content (AvgIpc) is 2.77. The lowest BCUT2D eigenvalue weighted by atomic mass is 9.83. The Bertz CT molecular complexity index is 460. The molecule has 1 aliphatic heterocycles. The van der Waals surface area contributed by atoms with Gasteiger partial charge in [0.2, 0.25) is 5.92 Å². The van der Waals surface area contributed by atoms with Crippen molar-refractivity contribution < 1.29 is 27.1 Å². The summed E-state index contributed by atoms with van der Waals surface area (Å²) in [6, 6.07) is 0. The molecule has 1 heterocycles. The van der Waals surface area contributed by atoms with E-state index in [4.69, 9.17) is 0 Å². The molecule has 4 nitrogen and oxygen atoms in total. The molecule has 3 atom stereocenters. The highest BCUT2D eigenvalue weighted by Gasteiger charge is 2.43. The largest absolute Gasteiger partial charge is 0.481 e. The van der Waals surface area contributed by atoms with Crippen LogP contribution in [-0.2, 0) is 14.6 Å². The minimum Gasteiger partial charge on any atom is -0.481 e. The van der Waals surface area contributed by atoms with Gasteiger partial charge in [-0.15, -0.1) is 0 Å². The van der Waals surface area contributed by atoms with Gasteiger partial charge in [-0.2, -0.15) is 0 Å². The van der Waals surface area contributed by atoms with Gasteiger partial charge in [-0.25, -0.2) is 17.2 Å². The summed E-state index contributed by atoms with van der Waals surface area (Å²) < 4.78 is 49.0. The Labute approximate surface area is 111 Å². The molecule has 110 valence electrons. The Hall–Kier alpha value is -0.720. The summed E-state index contributed by atoms with van der Waals surface area (Å²) in [6.07, 6.45) is 0.382. The molecule has 7 heteroatoms. The van der Waals surface area contributed by atoms with Crippen LogP contribution in [0, 0.1) is 17.8 Å². The maximum atomic E-state index is 13.1. The molecule has 19 heavy (non-hydrogen) atoms. The number of hydrogen-bond donors (Lipinski definition) is 1. The molecule has 0 aromatic heterocycles. The lowest BCUT2D eigenvalue weighted by molar-refractivity contribution is -0.144. The molecule has 2 aliphatic rings. The van der Waals surface area contributed by atoms with Gasteiger partial charge in [-0.05, 0) is 31.1 Å². The molecule has 0 aromatic rings. The number of rotatable bonds is 4. The number of carboxylic acids is 1. The standard InChI is InChI=1S/C12H18F2O4S/c13-12(14)3-1-8(6-12)5-10(11(15)16)9-2-4-19(17,18)7-9/h8-10H,1-7H2,(H,15,16). The molecule has 2 fully saturated rings. The summed E-state index contributed by atoms with van der Waals surface area (Å²) >= 11 is 0. The number of sulfone groups is 1. The van der Waals surface area contributed by atoms with Gasteiger partial charge in [0.1, 0.15) is 0 Å². The van der Waals surface area contributed by atoms with E-state index in [0.717, 1.165) is 0 Å². The second-order valence-electron chi connectivity index (χ2n) is 5.81. The van der Waals surface area contributed by atoms with Crippen molar-refractivity contribution in [3.8, 4) is 0 Å². The van der Waals surface area contributed by atoms with Crippen LogP contribution in [-0.4, -0.2) is 36.9 Å². The van der Waals surface area contributed by atoms with Crippen LogP contribution < -0.4 is 0 Å². The first-order valence-corrected chi connectivity index (χ1v) is 8.32. The molecule has 1 N–H and O–H groups in total. The Morgan fingerprint density at radius 1 is 1.37 bits per heavy atom. The first-order valence-electron chi connectivity index (χ1n) is 6.49. The van der Waals surface area contributed by atoms with Crippen LogP contribution >= 0.6 is 0 Å². The van der Waals surface area contributed by atoms with Crippen LogP contribution in [0.4, 0.5) is 8.78 Å². The summed E-state index contributed by atoms with van der Waals surface area (Å²) in [4.78, 5) is 11.3. The van der Waals surface area contributed by atoms with Gasteiger partial charge in [0.15, 0.2) is 9.84 Å². The maximum Gasteiger partial charge on any atom is 0.306 e. The van der Waals surface area contributed by atoms with Gasteiger partial charge >= 0.3 is 5.97 Å². The Balaban J connectivity index is 2.00. The quantitative estimate of drug-likeness (QED) is 0.860. The van der Waals surface area contributed by atoms with Crippen molar-refractivity contribution in [1.29, 1.82) is 0 Å². The predicted molar refractivity (Wildman–Crippen MR) is 64.8 cm³/mol. The number of alkyl halides is 2. The lowest BCUT2D eigenvalue weighted by Crippen LogP contribution is -2.27. The molecular weight excluding hydrogens is 278 g/mol. The summed E-state index contributed by atoms with van der Waals surface area (Å²) in [7, 11) is -3.14. The molecule has 1 saturated heterocycles. The van der Waals surface area contributed by atoms with E-state index in [1.807, 2.05) is 0 Å². The van der Waals surface area contributed by atoms with E-state index in [2.05, 4.69) is 0 Å². The van der Waals surface area contributed by atoms with Crippen LogP contribution in [0.5, 0.6) is 0 Å². The van der Waals surface area contributed by atoms with Crippen LogP contribution in [0.2, 0.25) is 0 Å². The van der Waals surface area contributed by atoms with E-state index in [-0.39, 0.29) is 36.7 Å². The molecule has 1 saturated carbocycles. The third-order valence-electron chi connectivity index (χ3n) is 4.25. The molecule has 0 amide bonds. The van der Waals surface area contributed by atoms with Crippen molar-refractivity contribution in [2.75, 3.05) is 11.5 Å². The first kappa shape index (κ1) is 14.7. The van der Waals surface area contributed by atoms with E-state index in [1.165, 1.54) is 0 Å². The molecule has 2 rings (SSSR count). The van der Waals surface area contributed by atoms with Crippen molar-refractivity contribution in [3.63, 3.8) is 0 Å². The lowest BCUT2D eigenvalue weighted by Gasteiger charge is -2.21. The van der Waals surface area contributed by atoms with Crippen molar-refractivity contribution in [2.24, 2.45) is 17.8 Å². The normalized spacial score (nSPS) is 34.2. The summed E-state index contributed by atoms with van der Waals surface area (Å²) in [5, 5.41) is 9.21. The monoisotopic (exact) mass is 296 g/mol. The van der Waals surface area contributed by atoms with Gasteiger partial charge in [0, 0.05) is 12.8 Å². The molecule has 0 spiro atoms. The minimum absolute atomic E-state index is 0.0161. The van der Waals surface area contributed by atoms with E-state index in [0.29, 0.717) is 12.8 Å². The highest BCUT2D eigenvalue weighted by atomic mass is 32.2. The zero-order chi connectivity index (χ0) is 14.3. The van der Waals surface area contributed by atoms with Gasteiger partial charge < -0.3 is 5.11 Å². The highest BCUT2D eigenvalue weighted by Crippen LogP contribution is 2.43. The Kier molecular flexibility index (Phi) is 3.86. The molecule has 0 bridgehead atoms. The second-order valence-corrected chi connectivity index (χ2v) is 8.04. The summed E-state index contributed by atoms with van der Waals surface area (Å²) in [5.74, 6) is -5.38. The summed E-state index contributed by atoms with van der Waals surface area (Å²) in [6.45, 7) is 0. The Morgan fingerprint density at radius 2 is 2.05 bits per heavy atom. The van der Waals surface area contributed by atoms with Crippen LogP contribution in [0.1, 0.15) is 32.1 Å². The van der Waals surface area contributed by atoms with E-state index < -0.39 is 33.6 Å². The number of carbonyl (C=O) groups is 1. The fourth-order valence-corrected chi connectivity index (χ4v) is 5.12. The van der Waals surface area contributed by atoms with Crippen molar-refractivity contribution in [3.05, 3.63) is 0 Å². The van der Waals surface area contributed by atoms with Gasteiger partial charge in [0.25, 0.3) is 0 Å². The predicted octanol–water partition coefficient (Wildman–Crippen LogP) is 1.95. The van der Waals surface area contributed by atoms with Crippen LogP contribution in [0.3, 0.4) is 0 Å². The smallest absolute Gasteiger partial charge is 0.306 e. The van der Waals surface area contributed by atoms with Crippen LogP contribution in [0.25, 0.3) is 0 Å². The second kappa shape index (κ2) is 5.00. The number of carboxylic acid groups (broad SMARTS) is 1. The van der Waals surface area contributed by atoms with E-state index in [9.17, 15) is 27.1 Å². The minimum atomic E-state index is -3.14. The van der Waals surface area contributed by atoms with Gasteiger partial charge in [-0.1, -0.05) is 0 Å². The molecule has 1 aliphatic carbocycles. The molecule has 0 aromatic carbocycles. The zero-order valence-electron chi connectivity index (χ0n) is 10.5. The highest BCUT2D eigenvalue weighted by molar-refractivity contribution is 7.91.